The molecular formula is C3H5FOS. The normalized spacial score (nSPS) is 13.8. The Balaban J connectivity index is 3.26. The molecule has 0 radical (unpaired) electrons. The average molecular weight is 108 g/mol. The highest BCUT2D eigenvalue weighted by molar-refractivity contribution is 7.96. The molecule has 1 unspecified atom stereocenters. The Hall–Kier alpha value is -0.0500. The quantitative estimate of drug-likeness (QED) is 0.492. The maximum Gasteiger partial charge on any atom is 0.219 e. The zero-order chi connectivity index (χ0) is 5.15. The molecule has 0 aromatic rings. The van der Waals surface area contributed by atoms with E-state index in [1.807, 2.05) is 0 Å². The van der Waals surface area contributed by atoms with E-state index in [2.05, 4.69) is 12.6 Å². The number of rotatable bonds is 1. The SMILES string of the molecule is CC(F)C(=O)S. The highest BCUT2D eigenvalue weighted by Crippen LogP contribution is 1.91. The molecule has 0 bridgehead atoms. The van der Waals surface area contributed by atoms with Crippen molar-refractivity contribution in [1.82, 2.24) is 0 Å². The monoisotopic (exact) mass is 108 g/mol. The number of carbonyl (C=O) groups is 1. The van der Waals surface area contributed by atoms with Crippen LogP contribution in [0.15, 0.2) is 0 Å². The van der Waals surface area contributed by atoms with Crippen LogP contribution in [0, 0.1) is 0 Å². The first-order valence-electron chi connectivity index (χ1n) is 1.51. The van der Waals surface area contributed by atoms with Gasteiger partial charge in [0, 0.05) is 0 Å². The number of halogens is 1. The van der Waals surface area contributed by atoms with Crippen LogP contribution in [0.4, 0.5) is 4.39 Å². The lowest BCUT2D eigenvalue weighted by Gasteiger charge is -1.85. The third-order valence-corrected chi connectivity index (χ3v) is 0.696. The van der Waals surface area contributed by atoms with E-state index in [1.165, 1.54) is 0 Å². The minimum Gasteiger partial charge on any atom is -0.284 e. The summed E-state index contributed by atoms with van der Waals surface area (Å²) in [6, 6.07) is 0. The summed E-state index contributed by atoms with van der Waals surface area (Å²) in [5, 5.41) is -0.713. The van der Waals surface area contributed by atoms with E-state index in [4.69, 9.17) is 0 Å². The second-order valence-corrected chi connectivity index (χ2v) is 1.40. The maximum absolute atomic E-state index is 11.4. The second-order valence-electron chi connectivity index (χ2n) is 0.954. The topological polar surface area (TPSA) is 17.1 Å². The molecule has 0 aliphatic rings. The van der Waals surface area contributed by atoms with Gasteiger partial charge in [-0.1, -0.05) is 0 Å². The Morgan fingerprint density at radius 2 is 2.17 bits per heavy atom. The van der Waals surface area contributed by atoms with Crippen LogP contribution >= 0.6 is 12.6 Å². The summed E-state index contributed by atoms with van der Waals surface area (Å²) in [6.45, 7) is 1.15. The van der Waals surface area contributed by atoms with Gasteiger partial charge in [-0.2, -0.15) is 0 Å². The van der Waals surface area contributed by atoms with Crippen molar-refractivity contribution in [3.8, 4) is 0 Å². The summed E-state index contributed by atoms with van der Waals surface area (Å²) in [7, 11) is 0. The van der Waals surface area contributed by atoms with E-state index in [1.54, 1.807) is 0 Å². The number of hydrogen-bond acceptors (Lipinski definition) is 1. The Bertz CT molecular complexity index is 61.8. The van der Waals surface area contributed by atoms with E-state index in [-0.39, 0.29) is 0 Å². The van der Waals surface area contributed by atoms with Gasteiger partial charge < -0.3 is 0 Å². The van der Waals surface area contributed by atoms with Crippen LogP contribution in [0.3, 0.4) is 0 Å². The Labute approximate surface area is 41.0 Å². The second kappa shape index (κ2) is 2.18. The predicted molar refractivity (Wildman–Crippen MR) is 24.6 cm³/mol. The van der Waals surface area contributed by atoms with Crippen LogP contribution in [0.2, 0.25) is 0 Å². The smallest absolute Gasteiger partial charge is 0.219 e. The van der Waals surface area contributed by atoms with Crippen molar-refractivity contribution in [2.45, 2.75) is 13.1 Å². The van der Waals surface area contributed by atoms with Crippen molar-refractivity contribution in [2.75, 3.05) is 0 Å². The Kier molecular flexibility index (Phi) is 2.16. The van der Waals surface area contributed by atoms with Crippen molar-refractivity contribution >= 4 is 17.7 Å². The van der Waals surface area contributed by atoms with E-state index in [9.17, 15) is 9.18 Å². The lowest BCUT2D eigenvalue weighted by Crippen LogP contribution is -2.01. The zero-order valence-corrected chi connectivity index (χ0v) is 4.21. The Morgan fingerprint density at radius 1 is 2.00 bits per heavy atom. The molecule has 0 amide bonds. The van der Waals surface area contributed by atoms with Crippen LogP contribution in [-0.4, -0.2) is 11.3 Å². The molecule has 0 saturated carbocycles. The first kappa shape index (κ1) is 5.95. The van der Waals surface area contributed by atoms with Gasteiger partial charge in [0.2, 0.25) is 5.12 Å². The van der Waals surface area contributed by atoms with Crippen molar-refractivity contribution in [1.29, 1.82) is 0 Å². The minimum absolute atomic E-state index is 0.713. The average Bonchev–Trinajstić information content (AvgIpc) is 1.36. The van der Waals surface area contributed by atoms with Gasteiger partial charge in [0.15, 0.2) is 6.17 Å². The van der Waals surface area contributed by atoms with E-state index in [0.29, 0.717) is 0 Å². The van der Waals surface area contributed by atoms with Gasteiger partial charge in [-0.05, 0) is 6.92 Å². The van der Waals surface area contributed by atoms with Gasteiger partial charge >= 0.3 is 0 Å². The van der Waals surface area contributed by atoms with Gasteiger partial charge in [0.05, 0.1) is 0 Å². The molecule has 1 nitrogen and oxygen atoms in total. The summed E-state index contributed by atoms with van der Waals surface area (Å²) >= 11 is 3.18. The molecular weight excluding hydrogens is 103 g/mol. The fraction of sp³-hybridized carbons (Fsp3) is 0.667. The highest BCUT2D eigenvalue weighted by Gasteiger charge is 2.01. The number of hydrogen-bond donors (Lipinski definition) is 1. The van der Waals surface area contributed by atoms with E-state index < -0.39 is 11.3 Å². The molecule has 6 heavy (non-hydrogen) atoms. The minimum atomic E-state index is -1.42. The number of alkyl halides is 1. The summed E-state index contributed by atoms with van der Waals surface area (Å²) in [4.78, 5) is 9.63. The molecule has 0 aromatic heterocycles. The predicted octanol–water partition coefficient (Wildman–Crippen LogP) is 0.801. The van der Waals surface area contributed by atoms with Gasteiger partial charge in [-0.25, -0.2) is 4.39 Å². The lowest BCUT2D eigenvalue weighted by atomic mass is 10.5. The van der Waals surface area contributed by atoms with Gasteiger partial charge in [0.25, 0.3) is 0 Å². The van der Waals surface area contributed by atoms with Crippen LogP contribution in [0.5, 0.6) is 0 Å². The van der Waals surface area contributed by atoms with Crippen molar-refractivity contribution in [2.24, 2.45) is 0 Å². The van der Waals surface area contributed by atoms with Crippen LogP contribution in [0.25, 0.3) is 0 Å². The first-order valence-corrected chi connectivity index (χ1v) is 1.96. The van der Waals surface area contributed by atoms with Crippen LogP contribution < -0.4 is 0 Å². The van der Waals surface area contributed by atoms with E-state index >= 15 is 0 Å². The summed E-state index contributed by atoms with van der Waals surface area (Å²) < 4.78 is 11.4. The zero-order valence-electron chi connectivity index (χ0n) is 3.31. The molecule has 0 N–H and O–H groups in total. The van der Waals surface area contributed by atoms with Crippen molar-refractivity contribution in [3.63, 3.8) is 0 Å². The van der Waals surface area contributed by atoms with Gasteiger partial charge in [-0.3, -0.25) is 4.79 Å². The molecule has 0 aliphatic heterocycles. The van der Waals surface area contributed by atoms with Crippen molar-refractivity contribution < 1.29 is 9.18 Å². The van der Waals surface area contributed by atoms with Gasteiger partial charge in [-0.15, -0.1) is 12.6 Å². The number of thiol groups is 1. The summed E-state index contributed by atoms with van der Waals surface area (Å²) in [6.07, 6.45) is -1.42. The lowest BCUT2D eigenvalue weighted by molar-refractivity contribution is -0.114. The maximum atomic E-state index is 11.4. The summed E-state index contributed by atoms with van der Waals surface area (Å²) in [5.41, 5.74) is 0. The molecule has 0 fully saturated rings. The fourth-order valence-electron chi connectivity index (χ4n) is 0. The molecule has 1 atom stereocenters. The fourth-order valence-corrected chi connectivity index (χ4v) is 0. The largest absolute Gasteiger partial charge is 0.284 e. The molecule has 0 rings (SSSR count). The molecule has 0 aliphatic carbocycles. The third kappa shape index (κ3) is 2.20. The standard InChI is InChI=1S/C3H5FOS/c1-2(4)3(5)6/h2H,1H3,(H,5,6). The van der Waals surface area contributed by atoms with Gasteiger partial charge in [0.1, 0.15) is 0 Å². The Morgan fingerprint density at radius 3 is 2.17 bits per heavy atom. The van der Waals surface area contributed by atoms with Crippen LogP contribution in [-0.2, 0) is 4.79 Å². The molecule has 0 spiro atoms. The molecule has 0 saturated heterocycles. The summed E-state index contributed by atoms with van der Waals surface area (Å²) in [5.74, 6) is 0. The van der Waals surface area contributed by atoms with E-state index in [0.717, 1.165) is 6.92 Å². The first-order chi connectivity index (χ1) is 2.64. The molecule has 0 heterocycles. The van der Waals surface area contributed by atoms with Crippen molar-refractivity contribution in [3.05, 3.63) is 0 Å². The van der Waals surface area contributed by atoms with Crippen LogP contribution in [0.1, 0.15) is 6.92 Å². The highest BCUT2D eigenvalue weighted by atomic mass is 32.1. The molecule has 36 valence electrons. The molecule has 0 aromatic carbocycles. The third-order valence-electron chi connectivity index (χ3n) is 0.340. The molecule has 3 heteroatoms. The number of carbonyl (C=O) groups excluding carboxylic acids is 1.